The lowest BCUT2D eigenvalue weighted by atomic mass is 10.2. The Balaban J connectivity index is 0. The SMILES string of the molecule is CCCCCC=CCC=CCC=CCC=CCCCC(=O)OC(CC(=O)[O-])C[N+](C)(C)C.[Cl-]. The van der Waals surface area contributed by atoms with Gasteiger partial charge in [-0.2, -0.15) is 0 Å². The van der Waals surface area contributed by atoms with Gasteiger partial charge >= 0.3 is 5.97 Å². The van der Waals surface area contributed by atoms with E-state index in [2.05, 4.69) is 55.5 Å². The zero-order valence-corrected chi connectivity index (χ0v) is 21.9. The van der Waals surface area contributed by atoms with Crippen LogP contribution in [0.4, 0.5) is 0 Å². The normalized spacial score (nSPS) is 13.2. The molecule has 0 aromatic heterocycles. The summed E-state index contributed by atoms with van der Waals surface area (Å²) in [5, 5.41) is 10.9. The van der Waals surface area contributed by atoms with Gasteiger partial charge in [0.15, 0.2) is 6.10 Å². The molecule has 33 heavy (non-hydrogen) atoms. The highest BCUT2D eigenvalue weighted by molar-refractivity contribution is 5.70. The fraction of sp³-hybridized carbons (Fsp3) is 0.630. The summed E-state index contributed by atoms with van der Waals surface area (Å²) in [5.41, 5.74) is 0. The van der Waals surface area contributed by atoms with E-state index in [1.165, 1.54) is 25.7 Å². The fourth-order valence-electron chi connectivity index (χ4n) is 3.11. The van der Waals surface area contributed by atoms with Gasteiger partial charge in [-0.15, -0.1) is 0 Å². The average Bonchev–Trinajstić information content (AvgIpc) is 2.68. The number of ether oxygens (including phenoxy) is 1. The van der Waals surface area contributed by atoms with E-state index in [4.69, 9.17) is 4.74 Å². The van der Waals surface area contributed by atoms with Gasteiger partial charge in [-0.3, -0.25) is 4.79 Å². The first-order chi connectivity index (χ1) is 15.2. The van der Waals surface area contributed by atoms with Crippen LogP contribution in [0.25, 0.3) is 0 Å². The molecular formula is C27H45ClNO4-. The topological polar surface area (TPSA) is 66.4 Å². The van der Waals surface area contributed by atoms with Crippen LogP contribution >= 0.6 is 0 Å². The average molecular weight is 483 g/mol. The van der Waals surface area contributed by atoms with E-state index in [-0.39, 0.29) is 24.8 Å². The molecule has 0 aromatic carbocycles. The number of rotatable bonds is 19. The van der Waals surface area contributed by atoms with Gasteiger partial charge in [-0.1, -0.05) is 68.4 Å². The molecule has 0 heterocycles. The maximum atomic E-state index is 12.0. The molecule has 0 rings (SSSR count). The molecule has 0 aliphatic heterocycles. The first-order valence-corrected chi connectivity index (χ1v) is 12.0. The van der Waals surface area contributed by atoms with E-state index < -0.39 is 12.1 Å². The van der Waals surface area contributed by atoms with Crippen LogP contribution in [0.1, 0.15) is 77.6 Å². The van der Waals surface area contributed by atoms with Gasteiger partial charge in [-0.25, -0.2) is 0 Å². The molecule has 1 unspecified atom stereocenters. The zero-order valence-electron chi connectivity index (χ0n) is 21.1. The summed E-state index contributed by atoms with van der Waals surface area (Å²) in [7, 11) is 5.79. The van der Waals surface area contributed by atoms with Gasteiger partial charge in [-0.05, 0) is 44.9 Å². The van der Waals surface area contributed by atoms with Crippen LogP contribution in [0, 0.1) is 0 Å². The summed E-state index contributed by atoms with van der Waals surface area (Å²) >= 11 is 0. The molecule has 5 nitrogen and oxygen atoms in total. The largest absolute Gasteiger partial charge is 1.00 e. The molecule has 0 fully saturated rings. The summed E-state index contributed by atoms with van der Waals surface area (Å²) in [6.45, 7) is 2.67. The molecule has 0 amide bonds. The number of carboxylic acid groups (broad SMARTS) is 1. The molecule has 0 aliphatic carbocycles. The molecule has 0 aliphatic rings. The molecule has 0 N–H and O–H groups in total. The summed E-state index contributed by atoms with van der Waals surface area (Å²) in [4.78, 5) is 22.9. The van der Waals surface area contributed by atoms with E-state index in [0.29, 0.717) is 23.9 Å². The minimum Gasteiger partial charge on any atom is -1.00 e. The Morgan fingerprint density at radius 2 is 1.30 bits per heavy atom. The number of aliphatic carboxylic acids is 1. The number of hydrogen-bond donors (Lipinski definition) is 0. The van der Waals surface area contributed by atoms with Crippen LogP contribution in [0.3, 0.4) is 0 Å². The molecule has 6 heteroatoms. The fourth-order valence-corrected chi connectivity index (χ4v) is 3.11. The van der Waals surface area contributed by atoms with Crippen molar-refractivity contribution in [3.8, 4) is 0 Å². The van der Waals surface area contributed by atoms with E-state index in [1.807, 2.05) is 21.1 Å². The lowest BCUT2D eigenvalue weighted by molar-refractivity contribution is -0.873. The van der Waals surface area contributed by atoms with Gasteiger partial charge in [0.2, 0.25) is 0 Å². The van der Waals surface area contributed by atoms with Crippen molar-refractivity contribution in [3.05, 3.63) is 48.6 Å². The van der Waals surface area contributed by atoms with Crippen LogP contribution < -0.4 is 17.5 Å². The number of nitrogens with zero attached hydrogens (tertiary/aromatic N) is 1. The van der Waals surface area contributed by atoms with Gasteiger partial charge < -0.3 is 31.5 Å². The summed E-state index contributed by atoms with van der Waals surface area (Å²) in [6.07, 6.45) is 26.1. The summed E-state index contributed by atoms with van der Waals surface area (Å²) in [5.74, 6) is -1.54. The van der Waals surface area contributed by atoms with Gasteiger partial charge in [0.1, 0.15) is 6.54 Å². The Labute approximate surface area is 208 Å². The highest BCUT2D eigenvalue weighted by Crippen LogP contribution is 2.08. The number of carbonyl (C=O) groups is 2. The Kier molecular flexibility index (Phi) is 22.2. The highest BCUT2D eigenvalue weighted by atomic mass is 35.5. The number of likely N-dealkylation sites (N-methyl/N-ethyl adjacent to an activating group) is 1. The van der Waals surface area contributed by atoms with Crippen LogP contribution in [-0.2, 0) is 14.3 Å². The minimum atomic E-state index is -1.20. The third-order valence-electron chi connectivity index (χ3n) is 4.65. The van der Waals surface area contributed by atoms with E-state index in [9.17, 15) is 14.7 Å². The second kappa shape index (κ2) is 22.0. The highest BCUT2D eigenvalue weighted by Gasteiger charge is 2.22. The van der Waals surface area contributed by atoms with Crippen LogP contribution in [0.5, 0.6) is 0 Å². The summed E-state index contributed by atoms with van der Waals surface area (Å²) < 4.78 is 5.87. The Hall–Kier alpha value is -1.85. The third kappa shape index (κ3) is 26.3. The molecule has 0 radical (unpaired) electrons. The maximum absolute atomic E-state index is 12.0. The Bertz CT molecular complexity index is 618. The molecule has 1 atom stereocenters. The molecule has 0 bridgehead atoms. The maximum Gasteiger partial charge on any atom is 0.306 e. The molecule has 0 spiro atoms. The van der Waals surface area contributed by atoms with E-state index in [0.717, 1.165) is 25.7 Å². The van der Waals surface area contributed by atoms with Crippen molar-refractivity contribution in [3.63, 3.8) is 0 Å². The number of quaternary nitrogens is 1. The lowest BCUT2D eigenvalue weighted by Crippen LogP contribution is -3.00. The van der Waals surface area contributed by atoms with Crippen LogP contribution in [0.2, 0.25) is 0 Å². The first-order valence-electron chi connectivity index (χ1n) is 12.0. The monoisotopic (exact) mass is 482 g/mol. The number of carbonyl (C=O) groups excluding carboxylic acids is 2. The van der Waals surface area contributed by atoms with E-state index >= 15 is 0 Å². The number of allylic oxidation sites excluding steroid dienone is 8. The molecule has 0 saturated heterocycles. The second-order valence-electron chi connectivity index (χ2n) is 9.14. The predicted molar refractivity (Wildman–Crippen MR) is 131 cm³/mol. The predicted octanol–water partition coefficient (Wildman–Crippen LogP) is 1.89. The zero-order chi connectivity index (χ0) is 24.1. The first kappa shape index (κ1) is 33.3. The van der Waals surface area contributed by atoms with Crippen molar-refractivity contribution >= 4 is 11.9 Å². The summed E-state index contributed by atoms with van der Waals surface area (Å²) in [6, 6.07) is 0. The number of hydrogen-bond acceptors (Lipinski definition) is 4. The smallest absolute Gasteiger partial charge is 0.306 e. The van der Waals surface area contributed by atoms with Crippen LogP contribution in [-0.4, -0.2) is 50.2 Å². The third-order valence-corrected chi connectivity index (χ3v) is 4.65. The Morgan fingerprint density at radius 1 is 0.818 bits per heavy atom. The second-order valence-corrected chi connectivity index (χ2v) is 9.14. The number of halogens is 1. The standard InChI is InChI=1S/C27H45NO4.ClH/c1-5-6-7-8-9-10-11-12-13-14-15-16-17-18-19-20-21-22-27(31)32-25(23-26(29)30)24-28(2,3)4;/h9-10,12-13,15-16,18-19,25H,5-8,11,14,17,20-24H2,1-4H3;1H/p-1. The van der Waals surface area contributed by atoms with Crippen molar-refractivity contribution in [2.24, 2.45) is 0 Å². The van der Waals surface area contributed by atoms with Crippen molar-refractivity contribution in [2.75, 3.05) is 27.7 Å². The van der Waals surface area contributed by atoms with Gasteiger partial charge in [0, 0.05) is 18.8 Å². The lowest BCUT2D eigenvalue weighted by Gasteiger charge is -2.29. The van der Waals surface area contributed by atoms with Crippen LogP contribution in [0.15, 0.2) is 48.6 Å². The minimum absolute atomic E-state index is 0. The van der Waals surface area contributed by atoms with Crippen molar-refractivity contribution in [2.45, 2.75) is 83.7 Å². The quantitative estimate of drug-likeness (QED) is 0.122. The van der Waals surface area contributed by atoms with Crippen molar-refractivity contribution in [1.82, 2.24) is 0 Å². The van der Waals surface area contributed by atoms with Gasteiger partial charge in [0.05, 0.1) is 21.1 Å². The molecule has 0 aromatic rings. The van der Waals surface area contributed by atoms with Gasteiger partial charge in [0.25, 0.3) is 0 Å². The number of esters is 1. The van der Waals surface area contributed by atoms with Crippen molar-refractivity contribution in [1.29, 1.82) is 0 Å². The number of carboxylic acids is 1. The van der Waals surface area contributed by atoms with E-state index in [1.54, 1.807) is 0 Å². The molecule has 0 saturated carbocycles. The molecular weight excluding hydrogens is 438 g/mol. The number of unbranched alkanes of at least 4 members (excludes halogenated alkanes) is 4. The molecule has 190 valence electrons. The van der Waals surface area contributed by atoms with Crippen molar-refractivity contribution < 1.29 is 36.3 Å². The Morgan fingerprint density at radius 3 is 1.76 bits per heavy atom.